The van der Waals surface area contributed by atoms with Gasteiger partial charge >= 0.3 is 0 Å². The lowest BCUT2D eigenvalue weighted by atomic mass is 10.0. The van der Waals surface area contributed by atoms with Gasteiger partial charge in [-0.1, -0.05) is 78.9 Å². The molecule has 0 radical (unpaired) electrons. The van der Waals surface area contributed by atoms with Crippen LogP contribution in [-0.2, 0) is 16.0 Å². The zero-order valence-corrected chi connectivity index (χ0v) is 21.0. The number of unbranched alkanes of at least 4 members (excludes halogenated alkanes) is 1. The van der Waals surface area contributed by atoms with Gasteiger partial charge in [0.25, 0.3) is 0 Å². The third-order valence-electron chi connectivity index (χ3n) is 6.39. The number of carbonyl (C=O) groups is 2. The fraction of sp³-hybridized carbons (Fsp3) is 0.300. The molecule has 0 spiro atoms. The van der Waals surface area contributed by atoms with E-state index in [1.807, 2.05) is 67.7 Å². The van der Waals surface area contributed by atoms with E-state index in [1.165, 1.54) is 5.56 Å². The number of nitrogens with zero attached hydrogens (tertiary/aromatic N) is 2. The summed E-state index contributed by atoms with van der Waals surface area (Å²) >= 11 is 0. The van der Waals surface area contributed by atoms with E-state index in [2.05, 4.69) is 39.8 Å². The lowest BCUT2D eigenvalue weighted by Crippen LogP contribution is -2.50. The molecular weight excluding hydrogens is 448 g/mol. The molecule has 186 valence electrons. The lowest BCUT2D eigenvalue weighted by molar-refractivity contribution is -0.129. The number of rotatable bonds is 9. The Balaban J connectivity index is 1.35. The van der Waals surface area contributed by atoms with Crippen molar-refractivity contribution in [3.05, 3.63) is 102 Å². The number of hydrogen-bond donors (Lipinski definition) is 2. The predicted octanol–water partition coefficient (Wildman–Crippen LogP) is 4.33. The second kappa shape index (κ2) is 12.2. The van der Waals surface area contributed by atoms with Crippen molar-refractivity contribution in [2.24, 2.45) is 4.99 Å². The topological polar surface area (TPSA) is 73.8 Å². The van der Waals surface area contributed by atoms with Crippen molar-refractivity contribution < 1.29 is 9.59 Å². The second-order valence-corrected chi connectivity index (χ2v) is 9.25. The maximum Gasteiger partial charge on any atom is 0.243 e. The van der Waals surface area contributed by atoms with Crippen LogP contribution in [0, 0.1) is 0 Å². The molecule has 0 bridgehead atoms. The van der Waals surface area contributed by atoms with Crippen LogP contribution < -0.4 is 15.5 Å². The quantitative estimate of drug-likeness (QED) is 0.446. The molecule has 36 heavy (non-hydrogen) atoms. The van der Waals surface area contributed by atoms with Crippen LogP contribution >= 0.6 is 0 Å². The molecule has 4 rings (SSSR count). The Morgan fingerprint density at radius 2 is 1.61 bits per heavy atom. The third-order valence-corrected chi connectivity index (χ3v) is 6.39. The van der Waals surface area contributed by atoms with Gasteiger partial charge in [-0.3, -0.25) is 14.6 Å². The first kappa shape index (κ1) is 25.2. The van der Waals surface area contributed by atoms with Crippen molar-refractivity contribution in [1.82, 2.24) is 10.6 Å². The van der Waals surface area contributed by atoms with Gasteiger partial charge in [-0.15, -0.1) is 0 Å². The van der Waals surface area contributed by atoms with Crippen molar-refractivity contribution in [2.45, 2.75) is 44.8 Å². The highest BCUT2D eigenvalue weighted by molar-refractivity contribution is 6.16. The molecule has 2 amide bonds. The summed E-state index contributed by atoms with van der Waals surface area (Å²) < 4.78 is 0. The molecule has 0 saturated carbocycles. The molecule has 1 aliphatic heterocycles. The summed E-state index contributed by atoms with van der Waals surface area (Å²) in [6.45, 7) is 2.24. The molecular formula is C30H34N4O2. The summed E-state index contributed by atoms with van der Waals surface area (Å²) in [4.78, 5) is 32.5. The SMILES string of the molecule is C[C@H](NC(=O)CCCCc1ccccc1)C(=O)N[C@@H]1CN(C)c2ccccc2C(c2ccccc2)=N1. The Morgan fingerprint density at radius 3 is 2.36 bits per heavy atom. The van der Waals surface area contributed by atoms with Gasteiger partial charge in [-0.05, 0) is 37.8 Å². The van der Waals surface area contributed by atoms with E-state index in [-0.39, 0.29) is 11.8 Å². The Hall–Kier alpha value is -3.93. The van der Waals surface area contributed by atoms with Gasteiger partial charge in [0.15, 0.2) is 0 Å². The Bertz CT molecular complexity index is 1190. The van der Waals surface area contributed by atoms with Crippen LogP contribution in [0.5, 0.6) is 0 Å². The first-order valence-corrected chi connectivity index (χ1v) is 12.6. The van der Waals surface area contributed by atoms with E-state index < -0.39 is 12.2 Å². The minimum atomic E-state index is -0.641. The largest absolute Gasteiger partial charge is 0.370 e. The first-order valence-electron chi connectivity index (χ1n) is 12.6. The summed E-state index contributed by atoms with van der Waals surface area (Å²) in [5.74, 6) is -0.349. The van der Waals surface area contributed by atoms with Crippen LogP contribution in [0.15, 0.2) is 89.9 Å². The summed E-state index contributed by atoms with van der Waals surface area (Å²) in [5.41, 5.74) is 5.21. The highest BCUT2D eigenvalue weighted by Gasteiger charge is 2.25. The van der Waals surface area contributed by atoms with Gasteiger partial charge in [-0.2, -0.15) is 0 Å². The average Bonchev–Trinajstić information content (AvgIpc) is 3.04. The highest BCUT2D eigenvalue weighted by Crippen LogP contribution is 2.26. The number of hydrogen-bond acceptors (Lipinski definition) is 4. The summed E-state index contributed by atoms with van der Waals surface area (Å²) in [5, 5.41) is 5.88. The number of likely N-dealkylation sites (N-methyl/N-ethyl adjacent to an activating group) is 1. The molecule has 0 aromatic heterocycles. The van der Waals surface area contributed by atoms with Gasteiger partial charge in [-0.25, -0.2) is 0 Å². The number of anilines is 1. The molecule has 0 saturated heterocycles. The molecule has 3 aromatic rings. The zero-order chi connectivity index (χ0) is 25.3. The van der Waals surface area contributed by atoms with Gasteiger partial charge in [0.2, 0.25) is 11.8 Å². The number of nitrogens with one attached hydrogen (secondary N) is 2. The Kier molecular flexibility index (Phi) is 8.50. The van der Waals surface area contributed by atoms with E-state index in [9.17, 15) is 9.59 Å². The van der Waals surface area contributed by atoms with Gasteiger partial charge < -0.3 is 15.5 Å². The summed E-state index contributed by atoms with van der Waals surface area (Å²) in [6.07, 6.45) is 2.62. The van der Waals surface area contributed by atoms with E-state index >= 15 is 0 Å². The maximum absolute atomic E-state index is 13.0. The number of amides is 2. The average molecular weight is 483 g/mol. The predicted molar refractivity (Wildman–Crippen MR) is 145 cm³/mol. The Labute approximate surface area is 213 Å². The fourth-order valence-corrected chi connectivity index (χ4v) is 4.46. The van der Waals surface area contributed by atoms with Crippen molar-refractivity contribution in [3.8, 4) is 0 Å². The third kappa shape index (κ3) is 6.60. The van der Waals surface area contributed by atoms with E-state index in [1.54, 1.807) is 6.92 Å². The van der Waals surface area contributed by atoms with Crippen molar-refractivity contribution in [2.75, 3.05) is 18.5 Å². The Morgan fingerprint density at radius 1 is 0.944 bits per heavy atom. The number of aryl methyl sites for hydroxylation is 1. The van der Waals surface area contributed by atoms with Gasteiger partial charge in [0, 0.05) is 30.3 Å². The zero-order valence-electron chi connectivity index (χ0n) is 21.0. The van der Waals surface area contributed by atoms with Gasteiger partial charge in [0.05, 0.1) is 12.3 Å². The van der Waals surface area contributed by atoms with Crippen molar-refractivity contribution >= 4 is 23.2 Å². The van der Waals surface area contributed by atoms with E-state index in [0.29, 0.717) is 13.0 Å². The van der Waals surface area contributed by atoms with Crippen LogP contribution in [-0.4, -0.2) is 43.3 Å². The number of para-hydroxylation sites is 1. The number of carbonyl (C=O) groups excluding carboxylic acids is 2. The van der Waals surface area contributed by atoms with Crippen LogP contribution in [0.4, 0.5) is 5.69 Å². The molecule has 3 aromatic carbocycles. The molecule has 2 N–H and O–H groups in total. The minimum Gasteiger partial charge on any atom is -0.370 e. The molecule has 0 aliphatic carbocycles. The molecule has 6 heteroatoms. The standard InChI is InChI=1S/C30H34N4O2/c1-22(31-28(35)20-12-9-15-23-13-5-3-6-14-23)30(36)33-27-21-34(2)26-19-11-10-18-25(26)29(32-27)24-16-7-4-8-17-24/h3-8,10-11,13-14,16-19,22,27H,9,12,15,20-21H2,1-2H3,(H,31,35)(H,33,36)/t22-,27+/m0/s1. The monoisotopic (exact) mass is 482 g/mol. The van der Waals surface area contributed by atoms with Crippen LogP contribution in [0.1, 0.15) is 42.9 Å². The second-order valence-electron chi connectivity index (χ2n) is 9.25. The van der Waals surface area contributed by atoms with Crippen LogP contribution in [0.2, 0.25) is 0 Å². The fourth-order valence-electron chi connectivity index (χ4n) is 4.46. The molecule has 6 nitrogen and oxygen atoms in total. The normalized spacial score (nSPS) is 15.8. The summed E-state index contributed by atoms with van der Waals surface area (Å²) in [7, 11) is 2.00. The molecule has 0 fully saturated rings. The molecule has 1 aliphatic rings. The minimum absolute atomic E-state index is 0.107. The van der Waals surface area contributed by atoms with Crippen molar-refractivity contribution in [1.29, 1.82) is 0 Å². The molecule has 2 atom stereocenters. The number of fused-ring (bicyclic) bond motifs is 1. The van der Waals surface area contributed by atoms with Gasteiger partial charge in [0.1, 0.15) is 12.2 Å². The van der Waals surface area contributed by atoms with E-state index in [4.69, 9.17) is 4.99 Å². The molecule has 1 heterocycles. The summed E-state index contributed by atoms with van der Waals surface area (Å²) in [6, 6.07) is 27.8. The van der Waals surface area contributed by atoms with Crippen molar-refractivity contribution in [3.63, 3.8) is 0 Å². The number of benzodiazepines with no additional fused rings is 1. The highest BCUT2D eigenvalue weighted by atomic mass is 16.2. The maximum atomic E-state index is 13.0. The molecule has 0 unspecified atom stereocenters. The van der Waals surface area contributed by atoms with E-state index in [0.717, 1.165) is 41.8 Å². The lowest BCUT2D eigenvalue weighted by Gasteiger charge is -2.24. The first-order chi connectivity index (χ1) is 17.5. The smallest absolute Gasteiger partial charge is 0.243 e. The number of benzene rings is 3. The van der Waals surface area contributed by atoms with Crippen LogP contribution in [0.25, 0.3) is 0 Å². The number of aliphatic imine (C=N–C) groups is 1. The van der Waals surface area contributed by atoms with Crippen LogP contribution in [0.3, 0.4) is 0 Å².